The molecular formula is C12H21NO5. The molecule has 0 saturated carbocycles. The van der Waals surface area contributed by atoms with Gasteiger partial charge in [-0.3, -0.25) is 4.79 Å². The highest BCUT2D eigenvalue weighted by molar-refractivity contribution is 5.80. The fraction of sp³-hybridized carbons (Fsp3) is 0.833. The lowest BCUT2D eigenvalue weighted by Gasteiger charge is -2.29. The van der Waals surface area contributed by atoms with Gasteiger partial charge in [0.1, 0.15) is 11.0 Å². The number of β-amino-alcohol motifs (C(OH)–C–C–N with tert-alkyl or cyclic N) is 1. The Morgan fingerprint density at radius 1 is 1.39 bits per heavy atom. The van der Waals surface area contributed by atoms with E-state index in [1.54, 1.807) is 27.7 Å². The molecule has 0 spiro atoms. The second kappa shape index (κ2) is 4.76. The zero-order valence-electron chi connectivity index (χ0n) is 11.5. The molecule has 1 rings (SSSR count). The molecule has 1 aliphatic heterocycles. The molecule has 104 valence electrons. The van der Waals surface area contributed by atoms with E-state index < -0.39 is 29.2 Å². The highest BCUT2D eigenvalue weighted by Crippen LogP contribution is 2.33. The molecule has 0 radical (unpaired) electrons. The Kier molecular flexibility index (Phi) is 3.90. The van der Waals surface area contributed by atoms with Gasteiger partial charge in [-0.2, -0.15) is 0 Å². The maximum atomic E-state index is 12.1. The Labute approximate surface area is 107 Å². The molecular weight excluding hydrogens is 238 g/mol. The van der Waals surface area contributed by atoms with Gasteiger partial charge in [0.05, 0.1) is 19.8 Å². The van der Waals surface area contributed by atoms with Gasteiger partial charge in [0.15, 0.2) is 0 Å². The molecule has 1 saturated heterocycles. The van der Waals surface area contributed by atoms with Gasteiger partial charge in [-0.25, -0.2) is 4.79 Å². The number of amides is 1. The molecule has 0 aromatic rings. The summed E-state index contributed by atoms with van der Waals surface area (Å²) in [6.07, 6.45) is -1.51. The quantitative estimate of drug-likeness (QED) is 0.704. The number of carbonyl (C=O) groups excluding carboxylic acids is 2. The van der Waals surface area contributed by atoms with Crippen LogP contribution in [0.1, 0.15) is 27.7 Å². The summed E-state index contributed by atoms with van der Waals surface area (Å²) in [6.45, 7) is 7.03. The summed E-state index contributed by atoms with van der Waals surface area (Å²) in [6, 6.07) is 0. The smallest absolute Gasteiger partial charge is 0.409 e. The number of esters is 1. The highest BCUT2D eigenvalue weighted by Gasteiger charge is 2.51. The molecule has 0 aromatic carbocycles. The van der Waals surface area contributed by atoms with Gasteiger partial charge >= 0.3 is 12.1 Å². The van der Waals surface area contributed by atoms with E-state index in [4.69, 9.17) is 4.74 Å². The molecule has 1 heterocycles. The third-order valence-electron chi connectivity index (χ3n) is 2.95. The highest BCUT2D eigenvalue weighted by atomic mass is 16.6. The molecule has 1 amide bonds. The van der Waals surface area contributed by atoms with Crippen LogP contribution in [0.3, 0.4) is 0 Å². The summed E-state index contributed by atoms with van der Waals surface area (Å²) in [5.74, 6) is -0.506. The van der Waals surface area contributed by atoms with Gasteiger partial charge < -0.3 is 19.5 Å². The number of likely N-dealkylation sites (tertiary alicyclic amines) is 1. The number of nitrogens with zero attached hydrogens (tertiary/aromatic N) is 1. The zero-order chi connectivity index (χ0) is 14.1. The Hall–Kier alpha value is -1.30. The standard InChI is InChI=1S/C12H21NO5/c1-11(2,3)18-9(15)12(4)7-13(6-8(12)14)10(16)17-5/h8,14H,6-7H2,1-5H3. The fourth-order valence-electron chi connectivity index (χ4n) is 1.84. The van der Waals surface area contributed by atoms with Crippen LogP contribution in [0.2, 0.25) is 0 Å². The Morgan fingerprint density at radius 2 is 1.94 bits per heavy atom. The minimum Gasteiger partial charge on any atom is -0.459 e. The van der Waals surface area contributed by atoms with E-state index in [9.17, 15) is 14.7 Å². The second-order valence-electron chi connectivity index (χ2n) is 5.79. The van der Waals surface area contributed by atoms with Crippen LogP contribution >= 0.6 is 0 Å². The van der Waals surface area contributed by atoms with E-state index >= 15 is 0 Å². The third kappa shape index (κ3) is 2.93. The van der Waals surface area contributed by atoms with Crippen molar-refractivity contribution in [3.8, 4) is 0 Å². The van der Waals surface area contributed by atoms with Crippen LogP contribution in [0.25, 0.3) is 0 Å². The molecule has 6 nitrogen and oxygen atoms in total. The van der Waals surface area contributed by atoms with Crippen molar-refractivity contribution in [3.05, 3.63) is 0 Å². The summed E-state index contributed by atoms with van der Waals surface area (Å²) in [4.78, 5) is 24.8. The molecule has 18 heavy (non-hydrogen) atoms. The summed E-state index contributed by atoms with van der Waals surface area (Å²) in [5.41, 5.74) is -1.74. The van der Waals surface area contributed by atoms with Crippen LogP contribution in [0, 0.1) is 5.41 Å². The first-order chi connectivity index (χ1) is 8.10. The maximum Gasteiger partial charge on any atom is 0.409 e. The number of hydrogen-bond acceptors (Lipinski definition) is 5. The van der Waals surface area contributed by atoms with Gasteiger partial charge in [-0.05, 0) is 27.7 Å². The molecule has 1 fully saturated rings. The predicted molar refractivity (Wildman–Crippen MR) is 63.9 cm³/mol. The Balaban J connectivity index is 2.81. The number of carbonyl (C=O) groups is 2. The van der Waals surface area contributed by atoms with Gasteiger partial charge in [0.25, 0.3) is 0 Å². The van der Waals surface area contributed by atoms with E-state index in [1.165, 1.54) is 12.0 Å². The SMILES string of the molecule is COC(=O)N1CC(O)C(C)(C(=O)OC(C)(C)C)C1. The van der Waals surface area contributed by atoms with Gasteiger partial charge in [0, 0.05) is 6.54 Å². The van der Waals surface area contributed by atoms with Crippen molar-refractivity contribution < 1.29 is 24.2 Å². The van der Waals surface area contributed by atoms with Gasteiger partial charge in [-0.15, -0.1) is 0 Å². The second-order valence-corrected chi connectivity index (χ2v) is 5.79. The van der Waals surface area contributed by atoms with Gasteiger partial charge in [-0.1, -0.05) is 0 Å². The molecule has 2 unspecified atom stereocenters. The average molecular weight is 259 g/mol. The Bertz CT molecular complexity index is 349. The van der Waals surface area contributed by atoms with Crippen molar-refractivity contribution in [2.45, 2.75) is 39.4 Å². The van der Waals surface area contributed by atoms with E-state index in [0.717, 1.165) is 0 Å². The fourth-order valence-corrected chi connectivity index (χ4v) is 1.84. The minimum atomic E-state index is -1.11. The molecule has 1 N–H and O–H groups in total. The predicted octanol–water partition coefficient (Wildman–Crippen LogP) is 0.777. The van der Waals surface area contributed by atoms with Crippen molar-refractivity contribution in [2.24, 2.45) is 5.41 Å². The van der Waals surface area contributed by atoms with Crippen LogP contribution in [0.15, 0.2) is 0 Å². The molecule has 0 aliphatic carbocycles. The largest absolute Gasteiger partial charge is 0.459 e. The molecule has 0 aromatic heterocycles. The average Bonchev–Trinajstić information content (AvgIpc) is 2.53. The van der Waals surface area contributed by atoms with E-state index in [1.807, 2.05) is 0 Å². The number of aliphatic hydroxyl groups is 1. The Morgan fingerprint density at radius 3 is 2.39 bits per heavy atom. The molecule has 1 aliphatic rings. The molecule has 6 heteroatoms. The number of rotatable bonds is 1. The minimum absolute atomic E-state index is 0.0718. The van der Waals surface area contributed by atoms with Crippen molar-refractivity contribution in [1.82, 2.24) is 4.90 Å². The summed E-state index contributed by atoms with van der Waals surface area (Å²) >= 11 is 0. The lowest BCUT2D eigenvalue weighted by molar-refractivity contribution is -0.170. The zero-order valence-corrected chi connectivity index (χ0v) is 11.5. The van der Waals surface area contributed by atoms with E-state index in [0.29, 0.717) is 0 Å². The summed E-state index contributed by atoms with van der Waals surface area (Å²) in [7, 11) is 1.26. The van der Waals surface area contributed by atoms with Crippen molar-refractivity contribution >= 4 is 12.1 Å². The first-order valence-corrected chi connectivity index (χ1v) is 5.84. The lowest BCUT2D eigenvalue weighted by Crippen LogP contribution is -2.43. The van der Waals surface area contributed by atoms with Crippen LogP contribution < -0.4 is 0 Å². The first-order valence-electron chi connectivity index (χ1n) is 5.84. The van der Waals surface area contributed by atoms with Crippen molar-refractivity contribution in [3.63, 3.8) is 0 Å². The molecule has 0 bridgehead atoms. The van der Waals surface area contributed by atoms with Crippen LogP contribution in [-0.4, -0.2) is 54.0 Å². The monoisotopic (exact) mass is 259 g/mol. The summed E-state index contributed by atoms with van der Waals surface area (Å²) < 4.78 is 9.86. The van der Waals surface area contributed by atoms with E-state index in [-0.39, 0.29) is 13.1 Å². The third-order valence-corrected chi connectivity index (χ3v) is 2.95. The summed E-state index contributed by atoms with van der Waals surface area (Å²) in [5, 5.41) is 9.98. The lowest BCUT2D eigenvalue weighted by atomic mass is 9.87. The number of ether oxygens (including phenoxy) is 2. The van der Waals surface area contributed by atoms with Crippen molar-refractivity contribution in [1.29, 1.82) is 0 Å². The van der Waals surface area contributed by atoms with E-state index in [2.05, 4.69) is 4.74 Å². The first kappa shape index (κ1) is 14.8. The number of aliphatic hydroxyl groups excluding tert-OH is 1. The normalized spacial score (nSPS) is 28.1. The van der Waals surface area contributed by atoms with Crippen molar-refractivity contribution in [2.75, 3.05) is 20.2 Å². The molecule has 2 atom stereocenters. The van der Waals surface area contributed by atoms with Gasteiger partial charge in [0.2, 0.25) is 0 Å². The van der Waals surface area contributed by atoms with Crippen LogP contribution in [-0.2, 0) is 14.3 Å². The number of hydrogen-bond donors (Lipinski definition) is 1. The number of methoxy groups -OCH3 is 1. The maximum absolute atomic E-state index is 12.1. The van der Waals surface area contributed by atoms with Crippen LogP contribution in [0.5, 0.6) is 0 Å². The topological polar surface area (TPSA) is 76.1 Å². The van der Waals surface area contributed by atoms with Crippen LogP contribution in [0.4, 0.5) is 4.79 Å².